The molecule has 2 aliphatic rings. The van der Waals surface area contributed by atoms with Crippen molar-refractivity contribution in [3.63, 3.8) is 0 Å². The van der Waals surface area contributed by atoms with Crippen LogP contribution < -0.4 is 0 Å². The molecule has 1 aliphatic carbocycles. The van der Waals surface area contributed by atoms with Crippen LogP contribution in [0.2, 0.25) is 0 Å². The third-order valence-corrected chi connectivity index (χ3v) is 1.76. The van der Waals surface area contributed by atoms with E-state index in [4.69, 9.17) is 9.47 Å². The summed E-state index contributed by atoms with van der Waals surface area (Å²) in [7, 11) is 0. The third kappa shape index (κ3) is 1.13. The van der Waals surface area contributed by atoms with Gasteiger partial charge in [0.1, 0.15) is 6.29 Å². The zero-order chi connectivity index (χ0) is 8.39. The first-order valence-corrected chi connectivity index (χ1v) is 3.72. The molecule has 0 amide bonds. The smallest absolute Gasteiger partial charge is 0.231 e. The number of allylic oxidation sites excluding steroid dienone is 4. The molecule has 12 heavy (non-hydrogen) atoms. The van der Waals surface area contributed by atoms with Crippen molar-refractivity contribution in [1.29, 1.82) is 0 Å². The molecule has 0 aromatic carbocycles. The van der Waals surface area contributed by atoms with Crippen molar-refractivity contribution in [3.8, 4) is 0 Å². The molecule has 62 valence electrons. The minimum Gasteiger partial charge on any atom is -0.454 e. The van der Waals surface area contributed by atoms with Crippen LogP contribution in [-0.2, 0) is 14.3 Å². The van der Waals surface area contributed by atoms with Crippen molar-refractivity contribution in [2.24, 2.45) is 0 Å². The van der Waals surface area contributed by atoms with Crippen molar-refractivity contribution in [2.45, 2.75) is 6.42 Å². The summed E-state index contributed by atoms with van der Waals surface area (Å²) in [6, 6.07) is 0. The molecule has 0 fully saturated rings. The second-order valence-corrected chi connectivity index (χ2v) is 2.58. The normalized spacial score (nSPS) is 20.5. The van der Waals surface area contributed by atoms with E-state index in [9.17, 15) is 4.79 Å². The van der Waals surface area contributed by atoms with E-state index in [1.165, 1.54) is 0 Å². The van der Waals surface area contributed by atoms with E-state index in [0.29, 0.717) is 23.5 Å². The summed E-state index contributed by atoms with van der Waals surface area (Å²) in [5, 5.41) is 0. The van der Waals surface area contributed by atoms with E-state index < -0.39 is 0 Å². The number of carbonyl (C=O) groups excluding carboxylic acids is 1. The van der Waals surface area contributed by atoms with Gasteiger partial charge in [0.05, 0.1) is 0 Å². The fourth-order valence-electron chi connectivity index (χ4n) is 1.15. The minimum atomic E-state index is 0.248. The molecule has 1 heterocycles. The maximum absolute atomic E-state index is 10.5. The predicted octanol–water partition coefficient (Wildman–Crippen LogP) is 1.29. The number of aldehydes is 1. The highest BCUT2D eigenvalue weighted by Gasteiger charge is 2.15. The van der Waals surface area contributed by atoms with Crippen LogP contribution in [0.5, 0.6) is 0 Å². The average Bonchev–Trinajstić information content (AvgIpc) is 2.43. The summed E-state index contributed by atoms with van der Waals surface area (Å²) < 4.78 is 10.3. The fraction of sp³-hybridized carbons (Fsp3) is 0.222. The molecule has 1 aliphatic heterocycles. The van der Waals surface area contributed by atoms with Gasteiger partial charge in [-0.1, -0.05) is 6.08 Å². The fourth-order valence-corrected chi connectivity index (χ4v) is 1.15. The van der Waals surface area contributed by atoms with Gasteiger partial charge in [0, 0.05) is 0 Å². The highest BCUT2D eigenvalue weighted by Crippen LogP contribution is 2.23. The lowest BCUT2D eigenvalue weighted by Gasteiger charge is -1.94. The summed E-state index contributed by atoms with van der Waals surface area (Å²) in [5.74, 6) is 1.37. The molecular weight excluding hydrogens is 156 g/mol. The molecule has 0 saturated heterocycles. The topological polar surface area (TPSA) is 35.5 Å². The zero-order valence-corrected chi connectivity index (χ0v) is 6.45. The van der Waals surface area contributed by atoms with Gasteiger partial charge in [0.15, 0.2) is 11.5 Å². The standard InChI is InChI=1S/C9H8O3/c10-5-7-2-1-3-8-9(4-7)12-6-11-8/h1,3-5H,2,6H2. The average molecular weight is 164 g/mol. The third-order valence-electron chi connectivity index (χ3n) is 1.76. The van der Waals surface area contributed by atoms with Gasteiger partial charge in [0.2, 0.25) is 6.79 Å². The molecule has 0 spiro atoms. The first-order chi connectivity index (χ1) is 5.90. The molecule has 0 atom stereocenters. The zero-order valence-electron chi connectivity index (χ0n) is 6.45. The molecule has 0 bridgehead atoms. The Hall–Kier alpha value is -1.51. The molecule has 3 heteroatoms. The first kappa shape index (κ1) is 7.16. The summed E-state index contributed by atoms with van der Waals surface area (Å²) in [4.78, 5) is 10.5. The van der Waals surface area contributed by atoms with E-state index in [0.717, 1.165) is 6.29 Å². The van der Waals surface area contributed by atoms with Crippen LogP contribution in [0.1, 0.15) is 6.42 Å². The summed E-state index contributed by atoms with van der Waals surface area (Å²) in [6.07, 6.45) is 6.91. The molecule has 0 radical (unpaired) electrons. The first-order valence-electron chi connectivity index (χ1n) is 3.72. The van der Waals surface area contributed by atoms with Crippen molar-refractivity contribution >= 4 is 6.29 Å². The molecular formula is C9H8O3. The van der Waals surface area contributed by atoms with E-state index in [1.807, 2.05) is 12.2 Å². The molecule has 0 unspecified atom stereocenters. The number of hydrogen-bond acceptors (Lipinski definition) is 3. The van der Waals surface area contributed by atoms with E-state index in [2.05, 4.69) is 0 Å². The summed E-state index contributed by atoms with van der Waals surface area (Å²) >= 11 is 0. The molecule has 2 rings (SSSR count). The van der Waals surface area contributed by atoms with Crippen molar-refractivity contribution in [1.82, 2.24) is 0 Å². The van der Waals surface area contributed by atoms with E-state index in [-0.39, 0.29) is 6.79 Å². The Morgan fingerprint density at radius 1 is 1.33 bits per heavy atom. The maximum atomic E-state index is 10.5. The Morgan fingerprint density at radius 2 is 2.17 bits per heavy atom. The largest absolute Gasteiger partial charge is 0.454 e. The van der Waals surface area contributed by atoms with Gasteiger partial charge in [-0.25, -0.2) is 0 Å². The predicted molar refractivity (Wildman–Crippen MR) is 42.0 cm³/mol. The molecule has 0 aromatic rings. The van der Waals surface area contributed by atoms with Crippen molar-refractivity contribution in [2.75, 3.05) is 6.79 Å². The SMILES string of the molecule is O=CC1=CC2=C(C=CC1)OCO2. The number of hydrogen-bond donors (Lipinski definition) is 0. The van der Waals surface area contributed by atoms with Gasteiger partial charge in [-0.3, -0.25) is 4.79 Å². The van der Waals surface area contributed by atoms with Gasteiger partial charge in [-0.2, -0.15) is 0 Å². The monoisotopic (exact) mass is 164 g/mol. The number of ether oxygens (including phenoxy) is 2. The Morgan fingerprint density at radius 3 is 3.00 bits per heavy atom. The molecule has 0 N–H and O–H groups in total. The molecule has 0 saturated carbocycles. The Kier molecular flexibility index (Phi) is 1.70. The summed E-state index contributed by atoms with van der Waals surface area (Å²) in [5.41, 5.74) is 0.710. The van der Waals surface area contributed by atoms with Gasteiger partial charge >= 0.3 is 0 Å². The van der Waals surface area contributed by atoms with Crippen LogP contribution in [-0.4, -0.2) is 13.1 Å². The lowest BCUT2D eigenvalue weighted by Crippen LogP contribution is -1.86. The van der Waals surface area contributed by atoms with Crippen LogP contribution in [0.15, 0.2) is 35.3 Å². The second-order valence-electron chi connectivity index (χ2n) is 2.58. The van der Waals surface area contributed by atoms with Crippen LogP contribution in [0.4, 0.5) is 0 Å². The van der Waals surface area contributed by atoms with Crippen molar-refractivity contribution < 1.29 is 14.3 Å². The highest BCUT2D eigenvalue weighted by molar-refractivity contribution is 5.75. The second kappa shape index (κ2) is 2.85. The Balaban J connectivity index is 2.36. The number of rotatable bonds is 1. The summed E-state index contributed by atoms with van der Waals surface area (Å²) in [6.45, 7) is 0.248. The van der Waals surface area contributed by atoms with Crippen molar-refractivity contribution in [3.05, 3.63) is 35.3 Å². The van der Waals surface area contributed by atoms with Gasteiger partial charge < -0.3 is 9.47 Å². The lowest BCUT2D eigenvalue weighted by atomic mass is 10.2. The number of carbonyl (C=O) groups is 1. The van der Waals surface area contributed by atoms with Crippen LogP contribution in [0.3, 0.4) is 0 Å². The molecule has 3 nitrogen and oxygen atoms in total. The van der Waals surface area contributed by atoms with Gasteiger partial charge in [-0.05, 0) is 24.1 Å². The van der Waals surface area contributed by atoms with E-state index >= 15 is 0 Å². The maximum Gasteiger partial charge on any atom is 0.231 e. The van der Waals surface area contributed by atoms with Crippen LogP contribution >= 0.6 is 0 Å². The quantitative estimate of drug-likeness (QED) is 0.548. The van der Waals surface area contributed by atoms with Crippen LogP contribution in [0, 0.1) is 0 Å². The Labute approximate surface area is 70.0 Å². The Bertz CT molecular complexity index is 297. The van der Waals surface area contributed by atoms with E-state index in [1.54, 1.807) is 6.08 Å². The van der Waals surface area contributed by atoms with Gasteiger partial charge in [-0.15, -0.1) is 0 Å². The molecule has 0 aromatic heterocycles. The highest BCUT2D eigenvalue weighted by atomic mass is 16.7. The van der Waals surface area contributed by atoms with Gasteiger partial charge in [0.25, 0.3) is 0 Å². The van der Waals surface area contributed by atoms with Crippen LogP contribution in [0.25, 0.3) is 0 Å². The minimum absolute atomic E-state index is 0.248. The lowest BCUT2D eigenvalue weighted by molar-refractivity contribution is -0.105.